The van der Waals surface area contributed by atoms with Crippen LogP contribution >= 0.6 is 11.3 Å². The van der Waals surface area contributed by atoms with Crippen LogP contribution in [0.15, 0.2) is 34.3 Å². The second-order valence-corrected chi connectivity index (χ2v) is 4.92. The molecule has 0 radical (unpaired) electrons. The third-order valence-corrected chi connectivity index (χ3v) is 3.49. The highest BCUT2D eigenvalue weighted by Crippen LogP contribution is 2.22. The van der Waals surface area contributed by atoms with Crippen molar-refractivity contribution in [2.75, 3.05) is 6.54 Å². The maximum Gasteiger partial charge on any atom is 0.101 e. The average Bonchev–Trinajstić information content (AvgIpc) is 2.88. The lowest BCUT2D eigenvalue weighted by Gasteiger charge is -2.15. The van der Waals surface area contributed by atoms with Gasteiger partial charge < -0.3 is 9.73 Å². The Bertz CT molecular complexity index is 419. The van der Waals surface area contributed by atoms with Crippen molar-refractivity contribution < 1.29 is 4.42 Å². The lowest BCUT2D eigenvalue weighted by atomic mass is 10.1. The molecule has 0 aromatic carbocycles. The zero-order chi connectivity index (χ0) is 11.4. The number of rotatable bonds is 5. The minimum atomic E-state index is 0.362. The zero-order valence-corrected chi connectivity index (χ0v) is 10.5. The summed E-state index contributed by atoms with van der Waals surface area (Å²) in [6.45, 7) is 5.09. The molecule has 0 aliphatic heterocycles. The third-order valence-electron chi connectivity index (χ3n) is 2.59. The molecular formula is C13H17NOS. The maximum absolute atomic E-state index is 5.37. The smallest absolute Gasteiger partial charge is 0.101 e. The number of furan rings is 1. The van der Waals surface area contributed by atoms with Crippen molar-refractivity contribution in [1.29, 1.82) is 0 Å². The van der Waals surface area contributed by atoms with Crippen LogP contribution in [0.1, 0.15) is 29.2 Å². The van der Waals surface area contributed by atoms with Crippen LogP contribution in [0.4, 0.5) is 0 Å². The molecule has 0 bridgehead atoms. The van der Waals surface area contributed by atoms with Crippen molar-refractivity contribution in [1.82, 2.24) is 5.32 Å². The molecule has 0 aliphatic carbocycles. The molecule has 16 heavy (non-hydrogen) atoms. The van der Waals surface area contributed by atoms with Gasteiger partial charge in [0.2, 0.25) is 0 Å². The Morgan fingerprint density at radius 1 is 1.50 bits per heavy atom. The van der Waals surface area contributed by atoms with Crippen LogP contribution in [0.3, 0.4) is 0 Å². The summed E-state index contributed by atoms with van der Waals surface area (Å²) >= 11 is 1.81. The van der Waals surface area contributed by atoms with E-state index in [1.807, 2.05) is 24.5 Å². The molecule has 0 saturated heterocycles. The monoisotopic (exact) mass is 235 g/mol. The van der Waals surface area contributed by atoms with E-state index in [2.05, 4.69) is 35.8 Å². The Hall–Kier alpha value is -1.06. The molecule has 1 atom stereocenters. The lowest BCUT2D eigenvalue weighted by Crippen LogP contribution is -2.22. The Morgan fingerprint density at radius 3 is 2.94 bits per heavy atom. The lowest BCUT2D eigenvalue weighted by molar-refractivity contribution is 0.512. The van der Waals surface area contributed by atoms with Crippen LogP contribution in [-0.4, -0.2) is 6.54 Å². The van der Waals surface area contributed by atoms with Crippen LogP contribution < -0.4 is 5.32 Å². The highest BCUT2D eigenvalue weighted by atomic mass is 32.1. The van der Waals surface area contributed by atoms with E-state index in [4.69, 9.17) is 4.42 Å². The predicted octanol–water partition coefficient (Wildman–Crippen LogP) is 3.54. The first kappa shape index (κ1) is 11.4. The van der Waals surface area contributed by atoms with Gasteiger partial charge >= 0.3 is 0 Å². The van der Waals surface area contributed by atoms with Crippen molar-refractivity contribution in [3.63, 3.8) is 0 Å². The SMILES string of the molecule is CCNC(Cc1cccs1)c1coc(C)c1. The topological polar surface area (TPSA) is 25.2 Å². The van der Waals surface area contributed by atoms with E-state index in [0.29, 0.717) is 6.04 Å². The second kappa shape index (κ2) is 5.32. The molecule has 2 aromatic rings. The fraction of sp³-hybridized carbons (Fsp3) is 0.385. The number of hydrogen-bond donors (Lipinski definition) is 1. The number of likely N-dealkylation sites (N-methyl/N-ethyl adjacent to an activating group) is 1. The minimum Gasteiger partial charge on any atom is -0.469 e. The fourth-order valence-corrected chi connectivity index (χ4v) is 2.58. The van der Waals surface area contributed by atoms with E-state index in [1.165, 1.54) is 10.4 Å². The van der Waals surface area contributed by atoms with Gasteiger partial charge in [0.05, 0.1) is 6.26 Å². The molecule has 0 spiro atoms. The summed E-state index contributed by atoms with van der Waals surface area (Å²) in [5.74, 6) is 0.976. The van der Waals surface area contributed by atoms with E-state index in [-0.39, 0.29) is 0 Å². The van der Waals surface area contributed by atoms with Gasteiger partial charge in [0.1, 0.15) is 5.76 Å². The molecule has 0 fully saturated rings. The predicted molar refractivity (Wildman–Crippen MR) is 67.9 cm³/mol. The molecule has 86 valence electrons. The van der Waals surface area contributed by atoms with Gasteiger partial charge in [-0.05, 0) is 31.0 Å². The molecule has 2 aromatic heterocycles. The molecule has 3 heteroatoms. The Morgan fingerprint density at radius 2 is 2.38 bits per heavy atom. The average molecular weight is 235 g/mol. The molecule has 0 saturated carbocycles. The number of nitrogens with one attached hydrogen (secondary N) is 1. The molecule has 2 heterocycles. The van der Waals surface area contributed by atoms with E-state index in [0.717, 1.165) is 18.7 Å². The van der Waals surface area contributed by atoms with E-state index in [9.17, 15) is 0 Å². The van der Waals surface area contributed by atoms with Crippen molar-refractivity contribution in [2.45, 2.75) is 26.3 Å². The summed E-state index contributed by atoms with van der Waals surface area (Å²) in [4.78, 5) is 1.41. The third kappa shape index (κ3) is 2.74. The number of thiophene rings is 1. The van der Waals surface area contributed by atoms with Gasteiger partial charge in [0.25, 0.3) is 0 Å². The van der Waals surface area contributed by atoms with Gasteiger partial charge in [-0.15, -0.1) is 11.3 Å². The Labute approximate surface area is 100 Å². The zero-order valence-electron chi connectivity index (χ0n) is 9.69. The molecule has 2 nitrogen and oxygen atoms in total. The van der Waals surface area contributed by atoms with Crippen LogP contribution in [0, 0.1) is 6.92 Å². The summed E-state index contributed by atoms with van der Waals surface area (Å²) in [6.07, 6.45) is 2.89. The first-order chi connectivity index (χ1) is 7.79. The quantitative estimate of drug-likeness (QED) is 0.857. The van der Waals surface area contributed by atoms with Crippen LogP contribution in [0.25, 0.3) is 0 Å². The van der Waals surface area contributed by atoms with Crippen molar-refractivity contribution in [3.8, 4) is 0 Å². The maximum atomic E-state index is 5.37. The normalized spacial score (nSPS) is 12.9. The van der Waals surface area contributed by atoms with Crippen LogP contribution in [-0.2, 0) is 6.42 Å². The molecule has 1 unspecified atom stereocenters. The first-order valence-corrected chi connectivity index (χ1v) is 6.48. The molecule has 1 N–H and O–H groups in total. The van der Waals surface area contributed by atoms with Gasteiger partial charge in [-0.25, -0.2) is 0 Å². The molecular weight excluding hydrogens is 218 g/mol. The number of aryl methyl sites for hydroxylation is 1. The van der Waals surface area contributed by atoms with Crippen LogP contribution in [0.2, 0.25) is 0 Å². The molecule has 0 aliphatic rings. The van der Waals surface area contributed by atoms with Crippen molar-refractivity contribution in [2.24, 2.45) is 0 Å². The highest BCUT2D eigenvalue weighted by molar-refractivity contribution is 7.09. The van der Waals surface area contributed by atoms with Gasteiger partial charge in [0.15, 0.2) is 0 Å². The Kier molecular flexibility index (Phi) is 3.80. The second-order valence-electron chi connectivity index (χ2n) is 3.88. The van der Waals surface area contributed by atoms with Gasteiger partial charge in [-0.2, -0.15) is 0 Å². The van der Waals surface area contributed by atoms with Gasteiger partial charge in [-0.1, -0.05) is 13.0 Å². The molecule has 0 amide bonds. The standard InChI is InChI=1S/C13H17NOS/c1-3-14-13(8-12-5-4-6-16-12)11-7-10(2)15-9-11/h4-7,9,13-14H,3,8H2,1-2H3. The summed E-state index contributed by atoms with van der Waals surface area (Å²) in [7, 11) is 0. The molecule has 2 rings (SSSR count). The van der Waals surface area contributed by atoms with Crippen molar-refractivity contribution in [3.05, 3.63) is 46.0 Å². The highest BCUT2D eigenvalue weighted by Gasteiger charge is 2.13. The van der Waals surface area contributed by atoms with E-state index >= 15 is 0 Å². The van der Waals surface area contributed by atoms with Crippen molar-refractivity contribution >= 4 is 11.3 Å². The summed E-state index contributed by atoms with van der Waals surface area (Å²) < 4.78 is 5.37. The van der Waals surface area contributed by atoms with E-state index < -0.39 is 0 Å². The number of hydrogen-bond acceptors (Lipinski definition) is 3. The summed E-state index contributed by atoms with van der Waals surface area (Å²) in [6, 6.07) is 6.76. The Balaban J connectivity index is 2.11. The van der Waals surface area contributed by atoms with E-state index in [1.54, 1.807) is 0 Å². The summed E-state index contributed by atoms with van der Waals surface area (Å²) in [5, 5.41) is 5.62. The summed E-state index contributed by atoms with van der Waals surface area (Å²) in [5.41, 5.74) is 1.24. The minimum absolute atomic E-state index is 0.362. The van der Waals surface area contributed by atoms with Gasteiger partial charge in [-0.3, -0.25) is 0 Å². The fourth-order valence-electron chi connectivity index (χ4n) is 1.83. The largest absolute Gasteiger partial charge is 0.469 e. The van der Waals surface area contributed by atoms with Crippen LogP contribution in [0.5, 0.6) is 0 Å². The van der Waals surface area contributed by atoms with Gasteiger partial charge in [0, 0.05) is 22.9 Å². The first-order valence-electron chi connectivity index (χ1n) is 5.60.